The van der Waals surface area contributed by atoms with Crippen LogP contribution in [0.5, 0.6) is 11.8 Å². The Morgan fingerprint density at radius 3 is 2.69 bits per heavy atom. The van der Waals surface area contributed by atoms with Crippen molar-refractivity contribution >= 4 is 33.4 Å². The molecule has 8 nitrogen and oxygen atoms in total. The topological polar surface area (TPSA) is 84.9 Å². The largest absolute Gasteiger partial charge is 0.480 e. The lowest BCUT2D eigenvalue weighted by Gasteiger charge is -2.21. The van der Waals surface area contributed by atoms with Crippen molar-refractivity contribution < 1.29 is 19.1 Å². The molecule has 1 aromatic heterocycles. The van der Waals surface area contributed by atoms with Gasteiger partial charge in [0.25, 0.3) is 0 Å². The summed E-state index contributed by atoms with van der Waals surface area (Å²) in [6.07, 6.45) is 0.812. The maximum Gasteiger partial charge on any atom is 0.233 e. The van der Waals surface area contributed by atoms with Crippen LogP contribution in [-0.2, 0) is 9.59 Å². The summed E-state index contributed by atoms with van der Waals surface area (Å²) in [5, 5.41) is 7.85. The lowest BCUT2D eigenvalue weighted by molar-refractivity contribution is -0.135. The van der Waals surface area contributed by atoms with Gasteiger partial charge in [0.15, 0.2) is 0 Å². The van der Waals surface area contributed by atoms with E-state index in [0.717, 1.165) is 16.6 Å². The van der Waals surface area contributed by atoms with Crippen molar-refractivity contribution in [3.8, 4) is 11.8 Å². The van der Waals surface area contributed by atoms with Crippen LogP contribution in [0.15, 0.2) is 40.9 Å². The van der Waals surface area contributed by atoms with Crippen LogP contribution in [0.2, 0.25) is 0 Å². The van der Waals surface area contributed by atoms with Gasteiger partial charge in [-0.05, 0) is 18.2 Å². The Hall–Kier alpha value is -2.68. The first kappa shape index (κ1) is 19.6. The number of rotatable bonds is 5. The van der Waals surface area contributed by atoms with Crippen molar-refractivity contribution in [1.29, 1.82) is 0 Å². The van der Waals surface area contributed by atoms with Crippen LogP contribution < -0.4 is 14.4 Å². The third-order valence-electron chi connectivity index (χ3n) is 5.16. The Balaban J connectivity index is 1.34. The second kappa shape index (κ2) is 8.36. The fourth-order valence-electron chi connectivity index (χ4n) is 3.70. The van der Waals surface area contributed by atoms with Crippen molar-refractivity contribution in [1.82, 2.24) is 15.1 Å². The molecule has 0 bridgehead atoms. The summed E-state index contributed by atoms with van der Waals surface area (Å²) in [4.78, 5) is 28.9. The molecule has 29 heavy (non-hydrogen) atoms. The number of carbonyl (C=O) groups excluding carboxylic acids is 2. The van der Waals surface area contributed by atoms with Gasteiger partial charge < -0.3 is 19.3 Å². The number of aromatic nitrogens is 2. The number of ether oxygens (including phenoxy) is 2. The first-order valence-electron chi connectivity index (χ1n) is 9.42. The Morgan fingerprint density at radius 1 is 1.17 bits per heavy atom. The molecule has 1 aromatic carbocycles. The number of amides is 2. The summed E-state index contributed by atoms with van der Waals surface area (Å²) >= 11 is 3.43. The smallest absolute Gasteiger partial charge is 0.233 e. The molecule has 2 unspecified atom stereocenters. The standard InChI is InChI=1S/C20H21BrN4O4/c1-28-17-5-6-18(23-22-17)29-16-7-8-24(12-16)20(27)13-9-19(26)25(11-13)15-4-2-3-14(21)10-15/h2-6,10,13,16H,7-9,11-12H2,1H3. The normalized spacial score (nSPS) is 21.5. The van der Waals surface area contributed by atoms with E-state index in [-0.39, 0.29) is 30.3 Å². The fourth-order valence-corrected chi connectivity index (χ4v) is 4.09. The van der Waals surface area contributed by atoms with E-state index < -0.39 is 0 Å². The molecule has 0 spiro atoms. The summed E-state index contributed by atoms with van der Waals surface area (Å²) in [6.45, 7) is 1.49. The minimum atomic E-state index is -0.332. The summed E-state index contributed by atoms with van der Waals surface area (Å²) in [5.41, 5.74) is 0.806. The number of methoxy groups -OCH3 is 1. The lowest BCUT2D eigenvalue weighted by Crippen LogP contribution is -2.37. The van der Waals surface area contributed by atoms with Gasteiger partial charge in [0.05, 0.1) is 19.6 Å². The number of likely N-dealkylation sites (tertiary alicyclic amines) is 1. The number of hydrogen-bond donors (Lipinski definition) is 0. The van der Waals surface area contributed by atoms with Crippen molar-refractivity contribution in [2.45, 2.75) is 18.9 Å². The number of nitrogens with zero attached hydrogens (tertiary/aromatic N) is 4. The Morgan fingerprint density at radius 2 is 1.97 bits per heavy atom. The number of carbonyl (C=O) groups is 2. The van der Waals surface area contributed by atoms with Gasteiger partial charge in [0.1, 0.15) is 6.10 Å². The second-order valence-electron chi connectivity index (χ2n) is 7.11. The van der Waals surface area contributed by atoms with E-state index in [1.54, 1.807) is 21.9 Å². The maximum atomic E-state index is 13.0. The monoisotopic (exact) mass is 460 g/mol. The van der Waals surface area contributed by atoms with Crippen molar-refractivity contribution in [3.63, 3.8) is 0 Å². The zero-order chi connectivity index (χ0) is 20.4. The highest BCUT2D eigenvalue weighted by molar-refractivity contribution is 9.10. The highest BCUT2D eigenvalue weighted by atomic mass is 79.9. The molecule has 0 aliphatic carbocycles. The minimum absolute atomic E-state index is 0.00256. The second-order valence-corrected chi connectivity index (χ2v) is 8.03. The van der Waals surface area contributed by atoms with Crippen molar-refractivity contribution in [2.75, 3.05) is 31.6 Å². The first-order valence-corrected chi connectivity index (χ1v) is 10.2. The van der Waals surface area contributed by atoms with Crippen LogP contribution in [0.25, 0.3) is 0 Å². The zero-order valence-electron chi connectivity index (χ0n) is 16.0. The first-order chi connectivity index (χ1) is 14.0. The molecule has 0 N–H and O–H groups in total. The van der Waals surface area contributed by atoms with E-state index >= 15 is 0 Å². The van der Waals surface area contributed by atoms with Crippen molar-refractivity contribution in [3.05, 3.63) is 40.9 Å². The number of benzene rings is 1. The zero-order valence-corrected chi connectivity index (χ0v) is 17.5. The molecule has 4 rings (SSSR count). The Labute approximate surface area is 176 Å². The maximum absolute atomic E-state index is 13.0. The van der Waals surface area contributed by atoms with Gasteiger partial charge in [-0.3, -0.25) is 9.59 Å². The van der Waals surface area contributed by atoms with E-state index in [4.69, 9.17) is 9.47 Å². The third-order valence-corrected chi connectivity index (χ3v) is 5.66. The molecule has 2 atom stereocenters. The predicted molar refractivity (Wildman–Crippen MR) is 109 cm³/mol. The molecular formula is C20H21BrN4O4. The van der Waals surface area contributed by atoms with E-state index in [2.05, 4.69) is 26.1 Å². The summed E-state index contributed by atoms with van der Waals surface area (Å²) in [5.74, 6) is 0.467. The molecular weight excluding hydrogens is 440 g/mol. The van der Waals surface area contributed by atoms with Crippen LogP contribution in [0.1, 0.15) is 12.8 Å². The number of hydrogen-bond acceptors (Lipinski definition) is 6. The molecule has 0 saturated carbocycles. The Kier molecular flexibility index (Phi) is 5.66. The summed E-state index contributed by atoms with van der Waals surface area (Å²) in [6, 6.07) is 10.9. The quantitative estimate of drug-likeness (QED) is 0.680. The molecule has 152 valence electrons. The number of halogens is 1. The lowest BCUT2D eigenvalue weighted by atomic mass is 10.1. The van der Waals surface area contributed by atoms with Gasteiger partial charge in [0, 0.05) is 48.2 Å². The van der Waals surface area contributed by atoms with Gasteiger partial charge >= 0.3 is 0 Å². The van der Waals surface area contributed by atoms with Gasteiger partial charge in [-0.25, -0.2) is 0 Å². The van der Waals surface area contributed by atoms with Crippen LogP contribution in [0.3, 0.4) is 0 Å². The van der Waals surface area contributed by atoms with Gasteiger partial charge in [0.2, 0.25) is 23.6 Å². The molecule has 2 saturated heterocycles. The van der Waals surface area contributed by atoms with Gasteiger partial charge in [-0.1, -0.05) is 22.0 Å². The molecule has 9 heteroatoms. The average Bonchev–Trinajstić information content (AvgIpc) is 3.35. The van der Waals surface area contributed by atoms with Crippen LogP contribution in [0, 0.1) is 5.92 Å². The molecule has 2 aliphatic rings. The van der Waals surface area contributed by atoms with E-state index in [0.29, 0.717) is 31.4 Å². The predicted octanol–water partition coefficient (Wildman–Crippen LogP) is 2.28. The molecule has 3 heterocycles. The molecule has 2 fully saturated rings. The van der Waals surface area contributed by atoms with Crippen LogP contribution in [-0.4, -0.2) is 59.8 Å². The Bertz CT molecular complexity index is 908. The van der Waals surface area contributed by atoms with Crippen molar-refractivity contribution in [2.24, 2.45) is 5.92 Å². The molecule has 0 radical (unpaired) electrons. The SMILES string of the molecule is COc1ccc(OC2CCN(C(=O)C3CC(=O)N(c4cccc(Br)c4)C3)C2)nn1. The fraction of sp³-hybridized carbons (Fsp3) is 0.400. The molecule has 2 aromatic rings. The number of anilines is 1. The third kappa shape index (κ3) is 4.34. The summed E-state index contributed by atoms with van der Waals surface area (Å²) in [7, 11) is 1.52. The average molecular weight is 461 g/mol. The van der Waals surface area contributed by atoms with Gasteiger partial charge in [-0.15, -0.1) is 10.2 Å². The minimum Gasteiger partial charge on any atom is -0.480 e. The highest BCUT2D eigenvalue weighted by Gasteiger charge is 2.39. The van der Waals surface area contributed by atoms with E-state index in [9.17, 15) is 9.59 Å². The van der Waals surface area contributed by atoms with E-state index in [1.807, 2.05) is 24.3 Å². The van der Waals surface area contributed by atoms with Crippen LogP contribution >= 0.6 is 15.9 Å². The van der Waals surface area contributed by atoms with Gasteiger partial charge in [-0.2, -0.15) is 0 Å². The summed E-state index contributed by atoms with van der Waals surface area (Å²) < 4.78 is 11.7. The van der Waals surface area contributed by atoms with E-state index in [1.165, 1.54) is 7.11 Å². The molecule has 2 aliphatic heterocycles. The van der Waals surface area contributed by atoms with Crippen LogP contribution in [0.4, 0.5) is 5.69 Å². The highest BCUT2D eigenvalue weighted by Crippen LogP contribution is 2.29. The molecule has 2 amide bonds.